The second kappa shape index (κ2) is 4.02. The van der Waals surface area contributed by atoms with Crippen molar-refractivity contribution in [3.63, 3.8) is 0 Å². The molecule has 2 rings (SSSR count). The van der Waals surface area contributed by atoms with Crippen LogP contribution in [0.4, 0.5) is 0 Å². The summed E-state index contributed by atoms with van der Waals surface area (Å²) < 4.78 is 0. The lowest BCUT2D eigenvalue weighted by molar-refractivity contribution is 0.0989. The highest BCUT2D eigenvalue weighted by Crippen LogP contribution is 2.14. The highest BCUT2D eigenvalue weighted by molar-refractivity contribution is 7.10. The predicted octanol–water partition coefficient (Wildman–Crippen LogP) is 2.94. The van der Waals surface area contributed by atoms with Crippen LogP contribution in [0.2, 0.25) is 0 Å². The van der Waals surface area contributed by atoms with E-state index in [0.29, 0.717) is 12.1 Å². The molecule has 0 aliphatic rings. The monoisotopic (exact) mass is 223 g/mol. The van der Waals surface area contributed by atoms with Crippen LogP contribution in [0.25, 0.3) is 0 Å². The predicted molar refractivity (Wildman–Crippen MR) is 59.2 cm³/mol. The van der Waals surface area contributed by atoms with Gasteiger partial charge in [0.25, 0.3) is 0 Å². The lowest BCUT2D eigenvalue weighted by Crippen LogP contribution is -2.02. The number of rotatable bonds is 3. The van der Waals surface area contributed by atoms with Crippen molar-refractivity contribution >= 4 is 28.5 Å². The summed E-state index contributed by atoms with van der Waals surface area (Å²) in [4.78, 5) is 16.9. The maximum absolute atomic E-state index is 11.7. The summed E-state index contributed by atoms with van der Waals surface area (Å²) in [6, 6.07) is 3.93. The molecule has 0 aliphatic carbocycles. The number of aromatic nitrogens is 1. The second-order valence-electron chi connectivity index (χ2n) is 2.93. The van der Waals surface area contributed by atoms with E-state index in [1.54, 1.807) is 11.3 Å². The van der Waals surface area contributed by atoms with Crippen LogP contribution in [0.1, 0.15) is 20.4 Å². The van der Waals surface area contributed by atoms with Crippen molar-refractivity contribution in [2.75, 3.05) is 0 Å². The minimum atomic E-state index is 0.108. The van der Waals surface area contributed by atoms with Gasteiger partial charge in [-0.25, -0.2) is 4.98 Å². The zero-order valence-corrected chi connectivity index (χ0v) is 9.32. The molecule has 0 unspecified atom stereocenters. The standard InChI is InChI=1S/C10H9NOS2/c1-7-11-9(6-14-7)10(12)5-8-3-2-4-13-8/h2-4,6H,5H2,1H3. The van der Waals surface area contributed by atoms with Gasteiger partial charge < -0.3 is 0 Å². The molecule has 2 nitrogen and oxygen atoms in total. The van der Waals surface area contributed by atoms with Gasteiger partial charge in [-0.2, -0.15) is 0 Å². The molecular formula is C10H9NOS2. The van der Waals surface area contributed by atoms with Gasteiger partial charge in [0.05, 0.1) is 5.01 Å². The van der Waals surface area contributed by atoms with E-state index in [1.165, 1.54) is 11.3 Å². The molecule has 0 spiro atoms. The Hall–Kier alpha value is -1.00. The van der Waals surface area contributed by atoms with Crippen LogP contribution in [0, 0.1) is 6.92 Å². The first kappa shape index (κ1) is 9.55. The second-order valence-corrected chi connectivity index (χ2v) is 5.03. The van der Waals surface area contributed by atoms with Crippen LogP contribution in [0.15, 0.2) is 22.9 Å². The average Bonchev–Trinajstić information content (AvgIpc) is 2.75. The molecule has 2 heterocycles. The normalized spacial score (nSPS) is 10.4. The summed E-state index contributed by atoms with van der Waals surface area (Å²) in [6.45, 7) is 1.91. The van der Waals surface area contributed by atoms with Gasteiger partial charge in [-0.3, -0.25) is 4.79 Å². The topological polar surface area (TPSA) is 30.0 Å². The number of nitrogens with zero attached hydrogens (tertiary/aromatic N) is 1. The molecule has 0 saturated heterocycles. The number of thiophene rings is 1. The van der Waals surface area contributed by atoms with Crippen molar-refractivity contribution in [3.05, 3.63) is 38.5 Å². The molecule has 4 heteroatoms. The molecule has 0 amide bonds. The molecule has 2 aromatic heterocycles. The van der Waals surface area contributed by atoms with Gasteiger partial charge in [0.15, 0.2) is 5.78 Å². The van der Waals surface area contributed by atoms with E-state index < -0.39 is 0 Å². The van der Waals surface area contributed by atoms with Crippen LogP contribution >= 0.6 is 22.7 Å². The van der Waals surface area contributed by atoms with Crippen LogP contribution in [0.5, 0.6) is 0 Å². The van der Waals surface area contributed by atoms with Gasteiger partial charge in [0.1, 0.15) is 5.69 Å². The highest BCUT2D eigenvalue weighted by Gasteiger charge is 2.10. The molecule has 0 radical (unpaired) electrons. The van der Waals surface area contributed by atoms with Crippen LogP contribution in [-0.2, 0) is 6.42 Å². The highest BCUT2D eigenvalue weighted by atomic mass is 32.1. The smallest absolute Gasteiger partial charge is 0.187 e. The van der Waals surface area contributed by atoms with Crippen molar-refractivity contribution in [2.45, 2.75) is 13.3 Å². The molecule has 0 atom stereocenters. The van der Waals surface area contributed by atoms with E-state index in [9.17, 15) is 4.79 Å². The number of ketones is 1. The van der Waals surface area contributed by atoms with Crippen molar-refractivity contribution in [1.29, 1.82) is 0 Å². The van der Waals surface area contributed by atoms with Crippen molar-refractivity contribution in [2.24, 2.45) is 0 Å². The zero-order valence-electron chi connectivity index (χ0n) is 7.69. The summed E-state index contributed by atoms with van der Waals surface area (Å²) in [7, 11) is 0. The van der Waals surface area contributed by atoms with Crippen LogP contribution in [-0.4, -0.2) is 10.8 Å². The Kier molecular flexibility index (Phi) is 2.74. The largest absolute Gasteiger partial charge is 0.292 e. The van der Waals surface area contributed by atoms with E-state index in [-0.39, 0.29) is 5.78 Å². The number of thiazole rings is 1. The summed E-state index contributed by atoms with van der Waals surface area (Å²) in [5.74, 6) is 0.108. The van der Waals surface area contributed by atoms with Crippen LogP contribution < -0.4 is 0 Å². The van der Waals surface area contributed by atoms with Crippen molar-refractivity contribution in [3.8, 4) is 0 Å². The van der Waals surface area contributed by atoms with Gasteiger partial charge in [-0.15, -0.1) is 22.7 Å². The van der Waals surface area contributed by atoms with E-state index in [1.807, 2.05) is 29.8 Å². The van der Waals surface area contributed by atoms with Crippen molar-refractivity contribution < 1.29 is 4.79 Å². The fourth-order valence-electron chi connectivity index (χ4n) is 1.15. The number of Topliss-reactive ketones (excluding diaryl/α,β-unsaturated/α-hetero) is 1. The van der Waals surface area contributed by atoms with Gasteiger partial charge >= 0.3 is 0 Å². The number of hydrogen-bond acceptors (Lipinski definition) is 4. The first-order valence-electron chi connectivity index (χ1n) is 4.23. The lowest BCUT2D eigenvalue weighted by Gasteiger charge is -1.92. The van der Waals surface area contributed by atoms with Crippen molar-refractivity contribution in [1.82, 2.24) is 4.98 Å². The first-order valence-corrected chi connectivity index (χ1v) is 5.99. The number of carbonyl (C=O) groups excluding carboxylic acids is 1. The Morgan fingerprint density at radius 3 is 2.93 bits per heavy atom. The number of carbonyl (C=O) groups is 1. The maximum atomic E-state index is 11.7. The first-order chi connectivity index (χ1) is 6.75. The molecule has 0 aromatic carbocycles. The summed E-state index contributed by atoms with van der Waals surface area (Å²) >= 11 is 3.12. The Balaban J connectivity index is 2.10. The Bertz CT molecular complexity index is 431. The van der Waals surface area contributed by atoms with E-state index >= 15 is 0 Å². The fraction of sp³-hybridized carbons (Fsp3) is 0.200. The minimum absolute atomic E-state index is 0.108. The third-order valence-corrected chi connectivity index (χ3v) is 3.47. The number of aryl methyl sites for hydroxylation is 1. The minimum Gasteiger partial charge on any atom is -0.292 e. The third kappa shape index (κ3) is 2.08. The number of hydrogen-bond donors (Lipinski definition) is 0. The average molecular weight is 223 g/mol. The Morgan fingerprint density at radius 1 is 1.50 bits per heavy atom. The molecule has 14 heavy (non-hydrogen) atoms. The third-order valence-electron chi connectivity index (χ3n) is 1.82. The van der Waals surface area contributed by atoms with Gasteiger partial charge in [0, 0.05) is 16.7 Å². The summed E-state index contributed by atoms with van der Waals surface area (Å²) in [6.07, 6.45) is 0.473. The Labute approximate surface area is 90.2 Å². The molecule has 2 aromatic rings. The summed E-state index contributed by atoms with van der Waals surface area (Å²) in [5.41, 5.74) is 0.598. The molecule has 0 aliphatic heterocycles. The van der Waals surface area contributed by atoms with E-state index in [4.69, 9.17) is 0 Å². The molecule has 0 saturated carbocycles. The van der Waals surface area contributed by atoms with E-state index in [0.717, 1.165) is 9.88 Å². The lowest BCUT2D eigenvalue weighted by atomic mass is 10.2. The SMILES string of the molecule is Cc1nc(C(=O)Cc2cccs2)cs1. The fourth-order valence-corrected chi connectivity index (χ4v) is 2.47. The van der Waals surface area contributed by atoms with E-state index in [2.05, 4.69) is 4.98 Å². The molecular weight excluding hydrogens is 214 g/mol. The van der Waals surface area contributed by atoms with Gasteiger partial charge in [-0.1, -0.05) is 6.07 Å². The maximum Gasteiger partial charge on any atom is 0.187 e. The van der Waals surface area contributed by atoms with Gasteiger partial charge in [-0.05, 0) is 18.4 Å². The molecule has 0 bridgehead atoms. The summed E-state index contributed by atoms with van der Waals surface area (Å²) in [5, 5.41) is 4.75. The molecule has 0 N–H and O–H groups in total. The van der Waals surface area contributed by atoms with Gasteiger partial charge in [0.2, 0.25) is 0 Å². The Morgan fingerprint density at radius 2 is 2.36 bits per heavy atom. The zero-order chi connectivity index (χ0) is 9.97. The molecule has 0 fully saturated rings. The molecule has 72 valence electrons. The van der Waals surface area contributed by atoms with Crippen LogP contribution in [0.3, 0.4) is 0 Å². The quantitative estimate of drug-likeness (QED) is 0.749.